The van der Waals surface area contributed by atoms with Gasteiger partial charge in [-0.1, -0.05) is 0 Å². The molecule has 0 bridgehead atoms. The van der Waals surface area contributed by atoms with Gasteiger partial charge in [-0.3, -0.25) is 15.1 Å². The smallest absolute Gasteiger partial charge is 0.278 e. The summed E-state index contributed by atoms with van der Waals surface area (Å²) in [5.41, 5.74) is 0.903. The van der Waals surface area contributed by atoms with Crippen molar-refractivity contribution >= 4 is 22.1 Å². The predicted octanol–water partition coefficient (Wildman–Crippen LogP) is 2.59. The van der Waals surface area contributed by atoms with E-state index in [1.54, 1.807) is 25.4 Å². The molecule has 0 unspecified atom stereocenters. The number of benzene rings is 1. The van der Waals surface area contributed by atoms with E-state index >= 15 is 0 Å². The largest absolute Gasteiger partial charge is 0.383 e. The van der Waals surface area contributed by atoms with Gasteiger partial charge in [0.1, 0.15) is 0 Å². The van der Waals surface area contributed by atoms with Crippen LogP contribution in [0.15, 0.2) is 30.6 Å². The Morgan fingerprint density at radius 3 is 2.89 bits per heavy atom. The van der Waals surface area contributed by atoms with Crippen molar-refractivity contribution in [1.29, 1.82) is 0 Å². The average molecular weight is 261 g/mol. The maximum Gasteiger partial charge on any atom is 0.278 e. The van der Waals surface area contributed by atoms with E-state index in [2.05, 4.69) is 10.3 Å². The monoisotopic (exact) mass is 261 g/mol. The number of rotatable bonds is 5. The molecular formula is C13H15N3O3. The number of nitrogens with one attached hydrogen (secondary N) is 1. The van der Waals surface area contributed by atoms with Gasteiger partial charge in [0.25, 0.3) is 5.69 Å². The van der Waals surface area contributed by atoms with Gasteiger partial charge in [0.15, 0.2) is 0 Å². The van der Waals surface area contributed by atoms with Gasteiger partial charge in [0, 0.05) is 42.7 Å². The number of pyridine rings is 1. The van der Waals surface area contributed by atoms with Gasteiger partial charge < -0.3 is 10.1 Å². The van der Waals surface area contributed by atoms with E-state index in [-0.39, 0.29) is 11.7 Å². The summed E-state index contributed by atoms with van der Waals surface area (Å²) in [6.07, 6.45) is 3.14. The molecule has 1 aromatic heterocycles. The van der Waals surface area contributed by atoms with Gasteiger partial charge in [-0.15, -0.1) is 0 Å². The fraction of sp³-hybridized carbons (Fsp3) is 0.308. The number of nitrogens with zero attached hydrogens (tertiary/aromatic N) is 2. The number of anilines is 1. The standard InChI is InChI=1S/C13H15N3O3/c1-9(8-19-2)15-12-3-4-13(16(17)18)11-7-14-6-5-10(11)12/h3-7,9,15H,8H2,1-2H3/t9-/m1/s1. The number of non-ortho nitro benzene ring substituents is 1. The van der Waals surface area contributed by atoms with Crippen LogP contribution in [0.5, 0.6) is 0 Å². The molecule has 0 spiro atoms. The first-order valence-corrected chi connectivity index (χ1v) is 5.90. The Kier molecular flexibility index (Phi) is 3.91. The first-order chi connectivity index (χ1) is 9.13. The van der Waals surface area contributed by atoms with E-state index in [9.17, 15) is 10.1 Å². The topological polar surface area (TPSA) is 77.3 Å². The van der Waals surface area contributed by atoms with Crippen molar-refractivity contribution < 1.29 is 9.66 Å². The highest BCUT2D eigenvalue weighted by molar-refractivity contribution is 5.99. The van der Waals surface area contributed by atoms with Gasteiger partial charge in [-0.2, -0.15) is 0 Å². The first-order valence-electron chi connectivity index (χ1n) is 5.90. The number of nitro groups is 1. The highest BCUT2D eigenvalue weighted by Crippen LogP contribution is 2.30. The van der Waals surface area contributed by atoms with Crippen molar-refractivity contribution in [2.75, 3.05) is 19.0 Å². The predicted molar refractivity (Wildman–Crippen MR) is 73.4 cm³/mol. The zero-order valence-electron chi connectivity index (χ0n) is 10.8. The number of aromatic nitrogens is 1. The molecule has 2 rings (SSSR count). The Bertz CT molecular complexity index is 601. The summed E-state index contributed by atoms with van der Waals surface area (Å²) in [5, 5.41) is 15.6. The van der Waals surface area contributed by atoms with Crippen LogP contribution in [0.25, 0.3) is 10.8 Å². The third-order valence-electron chi connectivity index (χ3n) is 2.81. The van der Waals surface area contributed by atoms with Crippen LogP contribution in [0.2, 0.25) is 0 Å². The maximum absolute atomic E-state index is 11.0. The zero-order valence-corrected chi connectivity index (χ0v) is 10.8. The minimum absolute atomic E-state index is 0.0630. The zero-order chi connectivity index (χ0) is 13.8. The molecule has 0 amide bonds. The maximum atomic E-state index is 11.0. The van der Waals surface area contributed by atoms with Crippen LogP contribution in [-0.2, 0) is 4.74 Å². The van der Waals surface area contributed by atoms with Crippen molar-refractivity contribution in [1.82, 2.24) is 4.98 Å². The molecule has 0 aliphatic rings. The van der Waals surface area contributed by atoms with E-state index in [1.807, 2.05) is 6.92 Å². The summed E-state index contributed by atoms with van der Waals surface area (Å²) in [7, 11) is 1.63. The minimum atomic E-state index is -0.396. The number of ether oxygens (including phenoxy) is 1. The van der Waals surface area contributed by atoms with Crippen LogP contribution in [0.4, 0.5) is 11.4 Å². The second kappa shape index (κ2) is 5.62. The molecule has 0 aliphatic carbocycles. The normalized spacial score (nSPS) is 12.3. The third kappa shape index (κ3) is 2.79. The summed E-state index contributed by atoms with van der Waals surface area (Å²) in [6, 6.07) is 5.09. The molecule has 1 heterocycles. The Balaban J connectivity index is 2.46. The van der Waals surface area contributed by atoms with E-state index in [1.165, 1.54) is 12.3 Å². The van der Waals surface area contributed by atoms with Crippen molar-refractivity contribution in [2.24, 2.45) is 0 Å². The fourth-order valence-electron chi connectivity index (χ4n) is 2.02. The molecule has 100 valence electrons. The minimum Gasteiger partial charge on any atom is -0.383 e. The van der Waals surface area contributed by atoms with E-state index < -0.39 is 4.92 Å². The fourth-order valence-corrected chi connectivity index (χ4v) is 2.02. The summed E-state index contributed by atoms with van der Waals surface area (Å²) in [4.78, 5) is 14.5. The third-order valence-corrected chi connectivity index (χ3v) is 2.81. The summed E-state index contributed by atoms with van der Waals surface area (Å²) in [5.74, 6) is 0. The van der Waals surface area contributed by atoms with Crippen LogP contribution in [0.1, 0.15) is 6.92 Å². The van der Waals surface area contributed by atoms with Gasteiger partial charge in [0.05, 0.1) is 16.9 Å². The van der Waals surface area contributed by atoms with Gasteiger partial charge in [0.2, 0.25) is 0 Å². The van der Waals surface area contributed by atoms with E-state index in [0.717, 1.165) is 11.1 Å². The number of methoxy groups -OCH3 is 1. The molecule has 6 heteroatoms. The second-order valence-electron chi connectivity index (χ2n) is 4.31. The summed E-state index contributed by atoms with van der Waals surface area (Å²) in [6.45, 7) is 2.54. The second-order valence-corrected chi connectivity index (χ2v) is 4.31. The average Bonchev–Trinajstić information content (AvgIpc) is 2.39. The summed E-state index contributed by atoms with van der Waals surface area (Å²) >= 11 is 0. The lowest BCUT2D eigenvalue weighted by Gasteiger charge is -2.15. The van der Waals surface area contributed by atoms with Crippen LogP contribution >= 0.6 is 0 Å². The number of nitro benzene ring substituents is 1. The molecule has 0 aliphatic heterocycles. The molecule has 1 aromatic carbocycles. The van der Waals surface area contributed by atoms with Crippen molar-refractivity contribution in [3.05, 3.63) is 40.7 Å². The molecule has 0 radical (unpaired) electrons. The van der Waals surface area contributed by atoms with Gasteiger partial charge >= 0.3 is 0 Å². The molecule has 1 N–H and O–H groups in total. The van der Waals surface area contributed by atoms with Crippen LogP contribution < -0.4 is 5.32 Å². The lowest BCUT2D eigenvalue weighted by molar-refractivity contribution is -0.383. The number of hydrogen-bond donors (Lipinski definition) is 1. The Labute approximate surface area is 110 Å². The van der Waals surface area contributed by atoms with Gasteiger partial charge in [-0.05, 0) is 19.1 Å². The molecule has 1 atom stereocenters. The molecule has 0 saturated heterocycles. The van der Waals surface area contributed by atoms with Crippen LogP contribution in [0.3, 0.4) is 0 Å². The Hall–Kier alpha value is -2.21. The van der Waals surface area contributed by atoms with Crippen LogP contribution in [0, 0.1) is 10.1 Å². The molecule has 6 nitrogen and oxygen atoms in total. The van der Waals surface area contributed by atoms with Crippen molar-refractivity contribution in [3.8, 4) is 0 Å². The molecular weight excluding hydrogens is 246 g/mol. The lowest BCUT2D eigenvalue weighted by Crippen LogP contribution is -2.20. The van der Waals surface area contributed by atoms with Crippen molar-refractivity contribution in [3.63, 3.8) is 0 Å². The SMILES string of the molecule is COC[C@@H](C)Nc1ccc([N+](=O)[O-])c2cnccc12. The van der Waals surface area contributed by atoms with E-state index in [4.69, 9.17) is 4.74 Å². The number of hydrogen-bond acceptors (Lipinski definition) is 5. The molecule has 0 fully saturated rings. The highest BCUT2D eigenvalue weighted by Gasteiger charge is 2.15. The molecule has 2 aromatic rings. The number of fused-ring (bicyclic) bond motifs is 1. The van der Waals surface area contributed by atoms with Crippen molar-refractivity contribution in [2.45, 2.75) is 13.0 Å². The lowest BCUT2D eigenvalue weighted by atomic mass is 10.1. The Morgan fingerprint density at radius 2 is 2.21 bits per heavy atom. The highest BCUT2D eigenvalue weighted by atomic mass is 16.6. The van der Waals surface area contributed by atoms with Gasteiger partial charge in [-0.25, -0.2) is 0 Å². The Morgan fingerprint density at radius 1 is 1.42 bits per heavy atom. The quantitative estimate of drug-likeness (QED) is 0.661. The molecule has 19 heavy (non-hydrogen) atoms. The first kappa shape index (κ1) is 13.2. The van der Waals surface area contributed by atoms with Crippen LogP contribution in [-0.4, -0.2) is 29.7 Å². The molecule has 0 saturated carbocycles. The van der Waals surface area contributed by atoms with E-state index in [0.29, 0.717) is 12.0 Å². The summed E-state index contributed by atoms with van der Waals surface area (Å²) < 4.78 is 5.07.